The zero-order valence-corrected chi connectivity index (χ0v) is 15.0. The third kappa shape index (κ3) is 3.37. The second-order valence-corrected chi connectivity index (χ2v) is 6.76. The van der Waals surface area contributed by atoms with Crippen LogP contribution in [0.1, 0.15) is 41.7 Å². The minimum Gasteiger partial charge on any atom is -0.496 e. The molecule has 1 heterocycles. The van der Waals surface area contributed by atoms with Crippen LogP contribution in [0.3, 0.4) is 0 Å². The number of carbonyl (C=O) groups is 2. The largest absolute Gasteiger partial charge is 0.496 e. The molecule has 0 atom stereocenters. The van der Waals surface area contributed by atoms with Crippen molar-refractivity contribution < 1.29 is 19.4 Å². The minimum atomic E-state index is -1.09. The lowest BCUT2D eigenvalue weighted by molar-refractivity contribution is -0.121. The summed E-state index contributed by atoms with van der Waals surface area (Å²) in [5, 5.41) is 12.6. The number of carboxylic acid groups (broad SMARTS) is 1. The second-order valence-electron chi connectivity index (χ2n) is 6.33. The van der Waals surface area contributed by atoms with Crippen LogP contribution in [0.15, 0.2) is 36.5 Å². The molecule has 7 heteroatoms. The molecule has 1 aromatic carbocycles. The number of ether oxygens (including phenoxy) is 1. The Morgan fingerprint density at radius 3 is 2.54 bits per heavy atom. The summed E-state index contributed by atoms with van der Waals surface area (Å²) in [6, 6.07) is 8.02. The van der Waals surface area contributed by atoms with Gasteiger partial charge in [-0.3, -0.25) is 9.78 Å². The molecule has 3 rings (SSSR count). The van der Waals surface area contributed by atoms with Crippen molar-refractivity contribution in [2.45, 2.75) is 31.1 Å². The van der Waals surface area contributed by atoms with Crippen molar-refractivity contribution in [2.24, 2.45) is 0 Å². The third-order valence-electron chi connectivity index (χ3n) is 4.80. The van der Waals surface area contributed by atoms with Gasteiger partial charge in [0.2, 0.25) is 5.91 Å². The smallest absolute Gasteiger partial charge is 0.339 e. The van der Waals surface area contributed by atoms with Crippen molar-refractivity contribution in [1.29, 1.82) is 0 Å². The number of nitrogens with zero attached hydrogens (tertiary/aromatic N) is 1. The maximum Gasteiger partial charge on any atom is 0.339 e. The van der Waals surface area contributed by atoms with Crippen molar-refractivity contribution in [3.8, 4) is 5.75 Å². The lowest BCUT2D eigenvalue weighted by Crippen LogP contribution is -2.38. The molecule has 6 nitrogen and oxygen atoms in total. The van der Waals surface area contributed by atoms with Gasteiger partial charge in [0, 0.05) is 18.0 Å². The van der Waals surface area contributed by atoms with E-state index in [9.17, 15) is 9.59 Å². The Labute approximate surface area is 156 Å². The van der Waals surface area contributed by atoms with Crippen LogP contribution in [-0.4, -0.2) is 29.1 Å². The van der Waals surface area contributed by atoms with Gasteiger partial charge in [-0.2, -0.15) is 0 Å². The Balaban J connectivity index is 1.90. The van der Waals surface area contributed by atoms with Gasteiger partial charge in [0.1, 0.15) is 11.3 Å². The molecule has 136 valence electrons. The summed E-state index contributed by atoms with van der Waals surface area (Å²) in [4.78, 5) is 28.7. The number of carbonyl (C=O) groups excluding carboxylic acids is 1. The molecule has 0 unspecified atom stereocenters. The van der Waals surface area contributed by atoms with E-state index in [2.05, 4.69) is 10.3 Å². The molecule has 0 saturated heterocycles. The molecule has 1 saturated carbocycles. The quantitative estimate of drug-likeness (QED) is 0.828. The summed E-state index contributed by atoms with van der Waals surface area (Å²) in [7, 11) is 1.39. The van der Waals surface area contributed by atoms with Crippen molar-refractivity contribution in [1.82, 2.24) is 4.98 Å². The molecule has 1 amide bonds. The van der Waals surface area contributed by atoms with E-state index in [0.717, 1.165) is 12.8 Å². The van der Waals surface area contributed by atoms with Crippen LogP contribution >= 0.6 is 11.6 Å². The molecule has 1 aromatic heterocycles. The Bertz CT molecular complexity index is 830. The first-order chi connectivity index (χ1) is 12.5. The van der Waals surface area contributed by atoms with Gasteiger partial charge in [0.05, 0.1) is 23.2 Å². The van der Waals surface area contributed by atoms with E-state index in [0.29, 0.717) is 29.2 Å². The maximum absolute atomic E-state index is 13.1. The number of aromatic carboxylic acids is 1. The Morgan fingerprint density at radius 2 is 1.96 bits per heavy atom. The van der Waals surface area contributed by atoms with E-state index < -0.39 is 11.4 Å². The van der Waals surface area contributed by atoms with Crippen LogP contribution in [0.25, 0.3) is 0 Å². The molecule has 1 aliphatic carbocycles. The molecule has 1 aliphatic rings. The van der Waals surface area contributed by atoms with Gasteiger partial charge in [-0.15, -0.1) is 0 Å². The highest BCUT2D eigenvalue weighted by molar-refractivity contribution is 6.30. The maximum atomic E-state index is 13.1. The zero-order chi connectivity index (χ0) is 18.7. The van der Waals surface area contributed by atoms with E-state index in [-0.39, 0.29) is 17.2 Å². The van der Waals surface area contributed by atoms with E-state index >= 15 is 0 Å². The topological polar surface area (TPSA) is 88.5 Å². The predicted molar refractivity (Wildman–Crippen MR) is 98.0 cm³/mol. The fourth-order valence-electron chi connectivity index (χ4n) is 3.43. The lowest BCUT2D eigenvalue weighted by atomic mass is 9.81. The molecule has 0 aliphatic heterocycles. The monoisotopic (exact) mass is 374 g/mol. The number of aromatic nitrogens is 1. The number of hydrogen-bond acceptors (Lipinski definition) is 4. The number of hydrogen-bond donors (Lipinski definition) is 2. The van der Waals surface area contributed by atoms with Gasteiger partial charge >= 0.3 is 5.97 Å². The van der Waals surface area contributed by atoms with Crippen LogP contribution in [-0.2, 0) is 10.2 Å². The summed E-state index contributed by atoms with van der Waals surface area (Å²) in [6.45, 7) is 0. The highest BCUT2D eigenvalue weighted by Crippen LogP contribution is 2.41. The van der Waals surface area contributed by atoms with E-state index in [4.69, 9.17) is 21.4 Å². The predicted octanol–water partition coefficient (Wildman–Crippen LogP) is 3.89. The molecule has 2 N–H and O–H groups in total. The molecular formula is C19H19ClN2O4. The number of anilines is 1. The zero-order valence-electron chi connectivity index (χ0n) is 14.3. The number of methoxy groups -OCH3 is 1. The van der Waals surface area contributed by atoms with Gasteiger partial charge < -0.3 is 15.2 Å². The van der Waals surface area contributed by atoms with E-state index in [1.54, 1.807) is 24.4 Å². The summed E-state index contributed by atoms with van der Waals surface area (Å²) in [5.74, 6) is -1.05. The fourth-order valence-corrected chi connectivity index (χ4v) is 3.55. The van der Waals surface area contributed by atoms with Crippen LogP contribution < -0.4 is 10.1 Å². The van der Waals surface area contributed by atoms with Gasteiger partial charge in [-0.05, 0) is 37.1 Å². The van der Waals surface area contributed by atoms with Gasteiger partial charge in [-0.1, -0.05) is 24.4 Å². The number of nitrogens with one attached hydrogen (secondary N) is 1. The van der Waals surface area contributed by atoms with Crippen molar-refractivity contribution in [3.05, 3.63) is 52.8 Å². The summed E-state index contributed by atoms with van der Waals surface area (Å²) >= 11 is 5.92. The first kappa shape index (κ1) is 18.2. The lowest BCUT2D eigenvalue weighted by Gasteiger charge is -2.27. The Kier molecular flexibility index (Phi) is 5.13. The van der Waals surface area contributed by atoms with E-state index in [1.807, 2.05) is 0 Å². The molecule has 26 heavy (non-hydrogen) atoms. The number of halogens is 1. The molecule has 0 bridgehead atoms. The van der Waals surface area contributed by atoms with E-state index in [1.165, 1.54) is 19.2 Å². The number of benzene rings is 1. The minimum absolute atomic E-state index is 0.0421. The van der Waals surface area contributed by atoms with Crippen molar-refractivity contribution >= 4 is 29.2 Å². The SMILES string of the molecule is COc1cc(NC(=O)C2(c3ccc(Cl)cn3)CCCC2)ccc1C(=O)O. The average molecular weight is 375 g/mol. The number of carboxylic acids is 1. The van der Waals surface area contributed by atoms with Gasteiger partial charge in [0.25, 0.3) is 0 Å². The first-order valence-electron chi connectivity index (χ1n) is 8.31. The van der Waals surface area contributed by atoms with Gasteiger partial charge in [-0.25, -0.2) is 4.79 Å². The van der Waals surface area contributed by atoms with Gasteiger partial charge in [0.15, 0.2) is 0 Å². The van der Waals surface area contributed by atoms with Crippen molar-refractivity contribution in [2.75, 3.05) is 12.4 Å². The Hall–Kier alpha value is -2.60. The van der Waals surface area contributed by atoms with Crippen LogP contribution in [0.5, 0.6) is 5.75 Å². The summed E-state index contributed by atoms with van der Waals surface area (Å²) in [5.41, 5.74) is 0.520. The Morgan fingerprint density at radius 1 is 1.23 bits per heavy atom. The summed E-state index contributed by atoms with van der Waals surface area (Å²) < 4.78 is 5.12. The molecule has 0 radical (unpaired) electrons. The molecule has 1 fully saturated rings. The van der Waals surface area contributed by atoms with Crippen molar-refractivity contribution in [3.63, 3.8) is 0 Å². The van der Waals surface area contributed by atoms with Crippen LogP contribution in [0.4, 0.5) is 5.69 Å². The van der Waals surface area contributed by atoms with Crippen LogP contribution in [0.2, 0.25) is 5.02 Å². The molecular weight excluding hydrogens is 356 g/mol. The highest BCUT2D eigenvalue weighted by Gasteiger charge is 2.44. The number of rotatable bonds is 5. The molecule has 2 aromatic rings. The van der Waals surface area contributed by atoms with Crippen LogP contribution in [0, 0.1) is 0 Å². The third-order valence-corrected chi connectivity index (χ3v) is 5.02. The summed E-state index contributed by atoms with van der Waals surface area (Å²) in [6.07, 6.45) is 4.85. The first-order valence-corrected chi connectivity index (χ1v) is 8.69. The molecule has 0 spiro atoms. The fraction of sp³-hybridized carbons (Fsp3) is 0.316. The number of amides is 1. The average Bonchev–Trinajstić information content (AvgIpc) is 3.13. The standard InChI is InChI=1S/C19H19ClN2O4/c1-26-15-10-13(5-6-14(15)17(23)24)22-18(25)19(8-2-3-9-19)16-7-4-12(20)11-21-16/h4-7,10-11H,2-3,8-9H2,1H3,(H,22,25)(H,23,24). The second kappa shape index (κ2) is 7.33. The highest BCUT2D eigenvalue weighted by atomic mass is 35.5. The normalized spacial score (nSPS) is 15.5. The number of pyridine rings is 1.